The van der Waals surface area contributed by atoms with Gasteiger partial charge in [-0.15, -0.1) is 0 Å². The van der Waals surface area contributed by atoms with Gasteiger partial charge < -0.3 is 5.32 Å². The molecule has 8 heteroatoms. The maximum absolute atomic E-state index is 13.0. The third kappa shape index (κ3) is 4.85. The molecule has 122 valence electrons. The predicted octanol–water partition coefficient (Wildman–Crippen LogP) is 2.81. The molecule has 0 radical (unpaired) electrons. The Hall–Kier alpha value is -1.77. The van der Waals surface area contributed by atoms with Crippen LogP contribution in [0.3, 0.4) is 0 Å². The highest BCUT2D eigenvalue weighted by molar-refractivity contribution is 9.10. The first-order valence-electron chi connectivity index (χ1n) is 6.59. The van der Waals surface area contributed by atoms with Gasteiger partial charge in [0.05, 0.1) is 11.4 Å². The van der Waals surface area contributed by atoms with Gasteiger partial charge in [-0.3, -0.25) is 4.79 Å². The molecule has 2 aromatic rings. The molecular weight excluding hydrogens is 387 g/mol. The lowest BCUT2D eigenvalue weighted by atomic mass is 10.2. The smallest absolute Gasteiger partial charge is 0.241 e. The summed E-state index contributed by atoms with van der Waals surface area (Å²) in [5.74, 6) is -1.08. The molecule has 0 aliphatic heterocycles. The van der Waals surface area contributed by atoms with E-state index < -0.39 is 28.3 Å². The zero-order chi connectivity index (χ0) is 17.0. The van der Waals surface area contributed by atoms with Crippen molar-refractivity contribution in [3.8, 4) is 0 Å². The van der Waals surface area contributed by atoms with Crippen molar-refractivity contribution in [3.05, 3.63) is 58.3 Å². The highest BCUT2D eigenvalue weighted by Crippen LogP contribution is 2.20. The van der Waals surface area contributed by atoms with Crippen molar-refractivity contribution in [2.24, 2.45) is 0 Å². The first-order chi connectivity index (χ1) is 10.8. The fraction of sp³-hybridized carbons (Fsp3) is 0.133. The largest absolute Gasteiger partial charge is 0.325 e. The zero-order valence-corrected chi connectivity index (χ0v) is 14.5. The van der Waals surface area contributed by atoms with Crippen LogP contribution in [0.15, 0.2) is 51.8 Å². The highest BCUT2D eigenvalue weighted by Gasteiger charge is 2.18. The molecule has 23 heavy (non-hydrogen) atoms. The second-order valence-electron chi connectivity index (χ2n) is 4.79. The number of rotatable bonds is 5. The normalized spacial score (nSPS) is 11.3. The quantitative estimate of drug-likeness (QED) is 0.809. The predicted molar refractivity (Wildman–Crippen MR) is 89.1 cm³/mol. The molecule has 2 rings (SSSR count). The summed E-state index contributed by atoms with van der Waals surface area (Å²) >= 11 is 3.21. The first kappa shape index (κ1) is 17.6. The number of carbonyl (C=O) groups excluding carboxylic acids is 1. The summed E-state index contributed by atoms with van der Waals surface area (Å²) in [6.45, 7) is 1.21. The van der Waals surface area contributed by atoms with Crippen molar-refractivity contribution >= 4 is 37.5 Å². The van der Waals surface area contributed by atoms with Crippen LogP contribution in [0.2, 0.25) is 0 Å². The molecule has 2 aromatic carbocycles. The van der Waals surface area contributed by atoms with Crippen LogP contribution < -0.4 is 10.0 Å². The van der Waals surface area contributed by atoms with Crippen LogP contribution in [-0.4, -0.2) is 20.9 Å². The van der Waals surface area contributed by atoms with E-state index in [0.717, 1.165) is 6.07 Å². The van der Waals surface area contributed by atoms with E-state index >= 15 is 0 Å². The summed E-state index contributed by atoms with van der Waals surface area (Å²) in [6, 6.07) is 10.2. The third-order valence-electron chi connectivity index (χ3n) is 2.97. The van der Waals surface area contributed by atoms with E-state index in [-0.39, 0.29) is 10.6 Å². The zero-order valence-electron chi connectivity index (χ0n) is 12.1. The van der Waals surface area contributed by atoms with Crippen LogP contribution in [0.25, 0.3) is 0 Å². The molecule has 0 saturated carbocycles. The summed E-state index contributed by atoms with van der Waals surface area (Å²) in [5, 5.41) is 2.42. The number of nitrogens with one attached hydrogen (secondary N) is 2. The average molecular weight is 401 g/mol. The first-order valence-corrected chi connectivity index (χ1v) is 8.87. The van der Waals surface area contributed by atoms with Gasteiger partial charge in [0, 0.05) is 10.2 Å². The van der Waals surface area contributed by atoms with Crippen LogP contribution in [-0.2, 0) is 14.8 Å². The standard InChI is InChI=1S/C15H14BrFN2O3S/c1-10-5-6-11(16)7-14(10)23(21,22)18-9-15(20)19-13-4-2-3-12(17)8-13/h2-8,18H,9H2,1H3,(H,19,20). The lowest BCUT2D eigenvalue weighted by molar-refractivity contribution is -0.115. The number of hydrogen-bond acceptors (Lipinski definition) is 3. The molecule has 0 aliphatic carbocycles. The molecule has 0 atom stereocenters. The molecule has 0 unspecified atom stereocenters. The summed E-state index contributed by atoms with van der Waals surface area (Å²) in [6.07, 6.45) is 0. The second-order valence-corrected chi connectivity index (χ2v) is 7.44. The van der Waals surface area contributed by atoms with E-state index in [1.54, 1.807) is 19.1 Å². The maximum Gasteiger partial charge on any atom is 0.241 e. The van der Waals surface area contributed by atoms with Gasteiger partial charge in [-0.1, -0.05) is 28.1 Å². The van der Waals surface area contributed by atoms with E-state index in [2.05, 4.69) is 26.0 Å². The molecule has 0 heterocycles. The molecule has 0 aliphatic rings. The Morgan fingerprint density at radius 1 is 1.22 bits per heavy atom. The van der Waals surface area contributed by atoms with E-state index in [4.69, 9.17) is 0 Å². The number of carbonyl (C=O) groups is 1. The molecule has 0 spiro atoms. The number of hydrogen-bond donors (Lipinski definition) is 2. The van der Waals surface area contributed by atoms with Crippen LogP contribution in [0.1, 0.15) is 5.56 Å². The number of benzene rings is 2. The summed E-state index contributed by atoms with van der Waals surface area (Å²) < 4.78 is 40.4. The fourth-order valence-electron chi connectivity index (χ4n) is 1.87. The van der Waals surface area contributed by atoms with Crippen molar-refractivity contribution in [2.75, 3.05) is 11.9 Å². The Morgan fingerprint density at radius 3 is 2.65 bits per heavy atom. The molecule has 2 N–H and O–H groups in total. The van der Waals surface area contributed by atoms with Gasteiger partial charge in [-0.2, -0.15) is 0 Å². The van der Waals surface area contributed by atoms with Crippen molar-refractivity contribution in [1.82, 2.24) is 4.72 Å². The molecule has 0 saturated heterocycles. The van der Waals surface area contributed by atoms with Gasteiger partial charge in [-0.05, 0) is 42.8 Å². The fourth-order valence-corrected chi connectivity index (χ4v) is 3.64. The molecule has 5 nitrogen and oxygen atoms in total. The second kappa shape index (κ2) is 7.20. The Labute approximate surface area is 142 Å². The molecule has 1 amide bonds. The van der Waals surface area contributed by atoms with Gasteiger partial charge in [-0.25, -0.2) is 17.5 Å². The minimum Gasteiger partial charge on any atom is -0.325 e. The molecule has 0 bridgehead atoms. The Kier molecular flexibility index (Phi) is 5.51. The van der Waals surface area contributed by atoms with Gasteiger partial charge in [0.1, 0.15) is 5.82 Å². The summed E-state index contributed by atoms with van der Waals surface area (Å²) in [7, 11) is -3.82. The Morgan fingerprint density at radius 2 is 1.96 bits per heavy atom. The SMILES string of the molecule is Cc1ccc(Br)cc1S(=O)(=O)NCC(=O)Nc1cccc(F)c1. The lowest BCUT2D eigenvalue weighted by Gasteiger charge is -2.10. The number of aryl methyl sites for hydroxylation is 1. The van der Waals surface area contributed by atoms with Gasteiger partial charge in [0.25, 0.3) is 0 Å². The summed E-state index contributed by atoms with van der Waals surface area (Å²) in [5.41, 5.74) is 0.819. The molecule has 0 aromatic heterocycles. The maximum atomic E-state index is 13.0. The van der Waals surface area contributed by atoms with Gasteiger partial charge >= 0.3 is 0 Å². The van der Waals surface area contributed by atoms with Crippen LogP contribution >= 0.6 is 15.9 Å². The average Bonchev–Trinajstić information content (AvgIpc) is 2.48. The summed E-state index contributed by atoms with van der Waals surface area (Å²) in [4.78, 5) is 11.9. The van der Waals surface area contributed by atoms with E-state index in [1.165, 1.54) is 24.3 Å². The minimum absolute atomic E-state index is 0.0884. The third-order valence-corrected chi connectivity index (χ3v) is 5.01. The van der Waals surface area contributed by atoms with Crippen LogP contribution in [0.4, 0.5) is 10.1 Å². The monoisotopic (exact) mass is 400 g/mol. The number of anilines is 1. The van der Waals surface area contributed by atoms with Crippen molar-refractivity contribution in [2.45, 2.75) is 11.8 Å². The number of sulfonamides is 1. The Balaban J connectivity index is 2.04. The number of amides is 1. The molecule has 0 fully saturated rings. The Bertz CT molecular complexity index is 840. The van der Waals surface area contributed by atoms with Crippen LogP contribution in [0.5, 0.6) is 0 Å². The van der Waals surface area contributed by atoms with Crippen molar-refractivity contribution < 1.29 is 17.6 Å². The van der Waals surface area contributed by atoms with E-state index in [0.29, 0.717) is 10.0 Å². The molecular formula is C15H14BrFN2O3S. The topological polar surface area (TPSA) is 75.3 Å². The van der Waals surface area contributed by atoms with Crippen LogP contribution in [0, 0.1) is 12.7 Å². The lowest BCUT2D eigenvalue weighted by Crippen LogP contribution is -2.33. The van der Waals surface area contributed by atoms with Gasteiger partial charge in [0.2, 0.25) is 15.9 Å². The number of halogens is 2. The highest BCUT2D eigenvalue weighted by atomic mass is 79.9. The van der Waals surface area contributed by atoms with E-state index in [1.807, 2.05) is 0 Å². The van der Waals surface area contributed by atoms with Crippen molar-refractivity contribution in [3.63, 3.8) is 0 Å². The van der Waals surface area contributed by atoms with Crippen molar-refractivity contribution in [1.29, 1.82) is 0 Å². The minimum atomic E-state index is -3.82. The van der Waals surface area contributed by atoms with E-state index in [9.17, 15) is 17.6 Å². The van der Waals surface area contributed by atoms with Gasteiger partial charge in [0.15, 0.2) is 0 Å².